The molecule has 2 aromatic carbocycles. The predicted molar refractivity (Wildman–Crippen MR) is 139 cm³/mol. The zero-order valence-corrected chi connectivity index (χ0v) is 20.8. The standard InChI is InChI=1S/C27H27N3O4S/c1-4-5-13-34-27(33)20-7-6-8-21(14-20)29-22(31)15-30-16-28-25-24(26(30)32)23(18(3)35-25)19-11-9-17(2)10-12-19/h6-12,14,16H,4-5,13,15H2,1-3H3,(H,29,31). The second kappa shape index (κ2) is 10.7. The third-order valence-electron chi connectivity index (χ3n) is 5.62. The first kappa shape index (κ1) is 24.3. The average Bonchev–Trinajstić information content (AvgIpc) is 3.18. The number of carbonyl (C=O) groups is 2. The number of anilines is 1. The van der Waals surface area contributed by atoms with Crippen LogP contribution in [-0.2, 0) is 16.1 Å². The molecule has 0 fully saturated rings. The Labute approximate surface area is 207 Å². The Morgan fingerprint density at radius 1 is 1.11 bits per heavy atom. The first-order valence-electron chi connectivity index (χ1n) is 11.5. The van der Waals surface area contributed by atoms with Crippen molar-refractivity contribution in [3.8, 4) is 11.1 Å². The molecule has 0 saturated heterocycles. The van der Waals surface area contributed by atoms with Crippen LogP contribution in [0.2, 0.25) is 0 Å². The van der Waals surface area contributed by atoms with Crippen LogP contribution in [0.4, 0.5) is 5.69 Å². The van der Waals surface area contributed by atoms with E-state index >= 15 is 0 Å². The van der Waals surface area contributed by atoms with Gasteiger partial charge in [-0.2, -0.15) is 0 Å². The second-order valence-electron chi connectivity index (χ2n) is 8.38. The van der Waals surface area contributed by atoms with E-state index in [0.29, 0.717) is 28.1 Å². The van der Waals surface area contributed by atoms with Crippen LogP contribution >= 0.6 is 11.3 Å². The number of rotatable bonds is 8. The maximum Gasteiger partial charge on any atom is 0.338 e. The summed E-state index contributed by atoms with van der Waals surface area (Å²) >= 11 is 1.46. The van der Waals surface area contributed by atoms with Crippen molar-refractivity contribution in [2.75, 3.05) is 11.9 Å². The summed E-state index contributed by atoms with van der Waals surface area (Å²) in [6, 6.07) is 14.6. The lowest BCUT2D eigenvalue weighted by molar-refractivity contribution is -0.116. The quantitative estimate of drug-likeness (QED) is 0.267. The highest BCUT2D eigenvalue weighted by Crippen LogP contribution is 2.35. The van der Waals surface area contributed by atoms with Gasteiger partial charge in [-0.05, 0) is 44.0 Å². The molecule has 0 unspecified atom stereocenters. The van der Waals surface area contributed by atoms with Crippen molar-refractivity contribution in [2.45, 2.75) is 40.2 Å². The molecule has 0 bridgehead atoms. The van der Waals surface area contributed by atoms with Crippen LogP contribution in [0.15, 0.2) is 59.7 Å². The third-order valence-corrected chi connectivity index (χ3v) is 6.64. The van der Waals surface area contributed by atoms with Crippen LogP contribution < -0.4 is 10.9 Å². The fourth-order valence-corrected chi connectivity index (χ4v) is 4.79. The van der Waals surface area contributed by atoms with Gasteiger partial charge >= 0.3 is 5.97 Å². The first-order valence-corrected chi connectivity index (χ1v) is 12.3. The van der Waals surface area contributed by atoms with Crippen molar-refractivity contribution in [2.24, 2.45) is 0 Å². The zero-order valence-electron chi connectivity index (χ0n) is 20.0. The van der Waals surface area contributed by atoms with Crippen molar-refractivity contribution in [1.29, 1.82) is 0 Å². The summed E-state index contributed by atoms with van der Waals surface area (Å²) in [6.07, 6.45) is 3.13. The Balaban J connectivity index is 1.55. The normalized spacial score (nSPS) is 10.9. The van der Waals surface area contributed by atoms with Gasteiger partial charge in [0.05, 0.1) is 23.9 Å². The van der Waals surface area contributed by atoms with Crippen LogP contribution in [0.5, 0.6) is 0 Å². The Hall–Kier alpha value is -3.78. The van der Waals surface area contributed by atoms with Gasteiger partial charge < -0.3 is 10.1 Å². The number of ether oxygens (including phenoxy) is 1. The van der Waals surface area contributed by atoms with Gasteiger partial charge in [0, 0.05) is 16.1 Å². The first-order chi connectivity index (χ1) is 16.9. The molecule has 1 amide bonds. The number of hydrogen-bond donors (Lipinski definition) is 1. The van der Waals surface area contributed by atoms with E-state index in [0.717, 1.165) is 34.4 Å². The minimum Gasteiger partial charge on any atom is -0.462 e. The van der Waals surface area contributed by atoms with Crippen LogP contribution in [0.25, 0.3) is 21.3 Å². The number of fused-ring (bicyclic) bond motifs is 1. The maximum atomic E-state index is 13.3. The fraction of sp³-hybridized carbons (Fsp3) is 0.259. The molecule has 7 nitrogen and oxygen atoms in total. The molecule has 4 rings (SSSR count). The number of benzene rings is 2. The Kier molecular flexibility index (Phi) is 7.41. The summed E-state index contributed by atoms with van der Waals surface area (Å²) < 4.78 is 6.54. The molecular weight excluding hydrogens is 462 g/mol. The summed E-state index contributed by atoms with van der Waals surface area (Å²) in [7, 11) is 0. The predicted octanol–water partition coefficient (Wildman–Crippen LogP) is 5.34. The Bertz CT molecular complexity index is 1440. The zero-order chi connectivity index (χ0) is 24.9. The number of hydrogen-bond acceptors (Lipinski definition) is 6. The molecule has 8 heteroatoms. The molecule has 2 aromatic heterocycles. The molecule has 0 saturated carbocycles. The van der Waals surface area contributed by atoms with E-state index in [1.807, 2.05) is 45.0 Å². The van der Waals surface area contributed by atoms with Crippen molar-refractivity contribution < 1.29 is 14.3 Å². The van der Waals surface area contributed by atoms with E-state index in [1.54, 1.807) is 24.3 Å². The number of nitrogens with one attached hydrogen (secondary N) is 1. The van der Waals surface area contributed by atoms with E-state index < -0.39 is 11.9 Å². The minimum absolute atomic E-state index is 0.199. The average molecular weight is 490 g/mol. The SMILES string of the molecule is CCCCOC(=O)c1cccc(NC(=O)Cn2cnc3sc(C)c(-c4ccc(C)cc4)c3c2=O)c1. The number of unbranched alkanes of at least 4 members (excludes halogenated alkanes) is 1. The van der Waals surface area contributed by atoms with E-state index in [9.17, 15) is 14.4 Å². The largest absolute Gasteiger partial charge is 0.462 e. The van der Waals surface area contributed by atoms with Gasteiger partial charge in [0.2, 0.25) is 5.91 Å². The van der Waals surface area contributed by atoms with Crippen molar-refractivity contribution in [1.82, 2.24) is 9.55 Å². The van der Waals surface area contributed by atoms with E-state index in [1.165, 1.54) is 22.2 Å². The molecule has 0 atom stereocenters. The molecule has 180 valence electrons. The van der Waals surface area contributed by atoms with E-state index in [4.69, 9.17) is 4.74 Å². The van der Waals surface area contributed by atoms with Crippen LogP contribution in [0.1, 0.15) is 40.6 Å². The highest BCUT2D eigenvalue weighted by molar-refractivity contribution is 7.19. The van der Waals surface area contributed by atoms with Crippen molar-refractivity contribution >= 4 is 39.1 Å². The van der Waals surface area contributed by atoms with Crippen LogP contribution in [0.3, 0.4) is 0 Å². The fourth-order valence-electron chi connectivity index (χ4n) is 3.79. The molecule has 0 aliphatic heterocycles. The summed E-state index contributed by atoms with van der Waals surface area (Å²) in [5, 5.41) is 3.27. The highest BCUT2D eigenvalue weighted by atomic mass is 32.1. The monoisotopic (exact) mass is 489 g/mol. The van der Waals surface area contributed by atoms with Gasteiger partial charge in [0.25, 0.3) is 5.56 Å². The molecular formula is C27H27N3O4S. The smallest absolute Gasteiger partial charge is 0.338 e. The number of aromatic nitrogens is 2. The molecule has 0 aliphatic rings. The lowest BCUT2D eigenvalue weighted by atomic mass is 10.0. The maximum absolute atomic E-state index is 13.3. The summed E-state index contributed by atoms with van der Waals surface area (Å²) in [6.45, 7) is 6.16. The molecule has 4 aromatic rings. The molecule has 1 N–H and O–H groups in total. The number of carbonyl (C=O) groups excluding carboxylic acids is 2. The number of amides is 1. The second-order valence-corrected chi connectivity index (χ2v) is 9.58. The summed E-state index contributed by atoms with van der Waals surface area (Å²) in [4.78, 5) is 44.4. The lowest BCUT2D eigenvalue weighted by Crippen LogP contribution is -2.27. The van der Waals surface area contributed by atoms with E-state index in [-0.39, 0.29) is 12.1 Å². The highest BCUT2D eigenvalue weighted by Gasteiger charge is 2.18. The van der Waals surface area contributed by atoms with Gasteiger partial charge in [-0.3, -0.25) is 14.2 Å². The van der Waals surface area contributed by atoms with Gasteiger partial charge in [-0.15, -0.1) is 11.3 Å². The minimum atomic E-state index is -0.433. The van der Waals surface area contributed by atoms with Gasteiger partial charge in [-0.25, -0.2) is 9.78 Å². The number of aryl methyl sites for hydroxylation is 2. The molecule has 0 aliphatic carbocycles. The van der Waals surface area contributed by atoms with Crippen LogP contribution in [0, 0.1) is 13.8 Å². The third kappa shape index (κ3) is 5.49. The number of thiophene rings is 1. The van der Waals surface area contributed by atoms with Crippen molar-refractivity contribution in [3.05, 3.63) is 81.2 Å². The number of esters is 1. The lowest BCUT2D eigenvalue weighted by Gasteiger charge is -2.09. The van der Waals surface area contributed by atoms with Crippen molar-refractivity contribution in [3.63, 3.8) is 0 Å². The molecule has 2 heterocycles. The molecule has 35 heavy (non-hydrogen) atoms. The Morgan fingerprint density at radius 2 is 1.89 bits per heavy atom. The van der Waals surface area contributed by atoms with Crippen LogP contribution in [-0.4, -0.2) is 28.0 Å². The van der Waals surface area contributed by atoms with E-state index in [2.05, 4.69) is 10.3 Å². The molecule has 0 spiro atoms. The van der Waals surface area contributed by atoms with Gasteiger partial charge in [0.1, 0.15) is 11.4 Å². The summed E-state index contributed by atoms with van der Waals surface area (Å²) in [5.74, 6) is -0.828. The van der Waals surface area contributed by atoms with Gasteiger partial charge in [0.15, 0.2) is 0 Å². The number of nitrogens with zero attached hydrogens (tertiary/aromatic N) is 2. The topological polar surface area (TPSA) is 90.3 Å². The summed E-state index contributed by atoms with van der Waals surface area (Å²) in [5.41, 5.74) is 3.48. The Morgan fingerprint density at radius 3 is 2.63 bits per heavy atom. The molecule has 0 radical (unpaired) electrons. The van der Waals surface area contributed by atoms with Gasteiger partial charge in [-0.1, -0.05) is 49.2 Å².